The molecule has 4 atom stereocenters. The molecule has 0 spiro atoms. The van der Waals surface area contributed by atoms with Crippen molar-refractivity contribution in [3.05, 3.63) is 60.8 Å². The minimum Gasteiger partial charge on any atom is -0.756 e. The fourth-order valence-electron chi connectivity index (χ4n) is 6.33. The van der Waals surface area contributed by atoms with E-state index in [1.165, 1.54) is 83.5 Å². The number of hydrogen-bond donors (Lipinski definition) is 2. The van der Waals surface area contributed by atoms with Crippen molar-refractivity contribution < 1.29 is 52.3 Å². The summed E-state index contributed by atoms with van der Waals surface area (Å²) in [5.41, 5.74) is 0. The van der Waals surface area contributed by atoms with Gasteiger partial charge in [-0.15, -0.1) is 0 Å². The lowest BCUT2D eigenvalue weighted by Gasteiger charge is -2.28. The minimum atomic E-state index is -4.70. The van der Waals surface area contributed by atoms with Crippen molar-refractivity contribution >= 4 is 19.8 Å². The van der Waals surface area contributed by atoms with Crippen LogP contribution >= 0.6 is 7.82 Å². The van der Waals surface area contributed by atoms with Gasteiger partial charge in [-0.1, -0.05) is 171 Å². The van der Waals surface area contributed by atoms with Gasteiger partial charge in [-0.2, -0.15) is 0 Å². The Morgan fingerprint density at radius 2 is 1.08 bits per heavy atom. The predicted molar refractivity (Wildman–Crippen MR) is 252 cm³/mol. The van der Waals surface area contributed by atoms with Crippen LogP contribution in [0, 0.1) is 0 Å². The topological polar surface area (TPSA) is 152 Å². The predicted octanol–water partition coefficient (Wildman–Crippen LogP) is 11.3. The quantitative estimate of drug-likeness (QED) is 0.0151. The number of likely N-dealkylation sites (N-methyl/N-ethyl adjacent to an activating group) is 1. The number of phosphoric acid groups is 1. The molecule has 1 unspecified atom stereocenters. The number of hydrogen-bond acceptors (Lipinski definition) is 10. The van der Waals surface area contributed by atoms with Crippen LogP contribution in [0.2, 0.25) is 0 Å². The number of rotatable bonds is 43. The molecule has 360 valence electrons. The van der Waals surface area contributed by atoms with Gasteiger partial charge in [0.15, 0.2) is 6.10 Å². The largest absolute Gasteiger partial charge is 0.756 e. The second kappa shape index (κ2) is 41.3. The van der Waals surface area contributed by atoms with E-state index < -0.39 is 44.7 Å². The van der Waals surface area contributed by atoms with E-state index in [4.69, 9.17) is 18.5 Å². The van der Waals surface area contributed by atoms with Crippen molar-refractivity contribution in [2.24, 2.45) is 0 Å². The Labute approximate surface area is 378 Å². The molecule has 0 amide bonds. The number of ether oxygens (including phenoxy) is 2. The van der Waals surface area contributed by atoms with E-state index in [9.17, 15) is 29.3 Å². The summed E-state index contributed by atoms with van der Waals surface area (Å²) in [6, 6.07) is 0. The van der Waals surface area contributed by atoms with Gasteiger partial charge in [-0.3, -0.25) is 14.2 Å². The van der Waals surface area contributed by atoms with Gasteiger partial charge >= 0.3 is 11.9 Å². The Hall–Kier alpha value is -2.37. The first-order valence-electron chi connectivity index (χ1n) is 24.2. The van der Waals surface area contributed by atoms with Gasteiger partial charge in [0.2, 0.25) is 0 Å². The molecule has 2 N–H and O–H groups in total. The maximum atomic E-state index is 12.7. The highest BCUT2D eigenvalue weighted by atomic mass is 31.2. The molecule has 62 heavy (non-hydrogen) atoms. The van der Waals surface area contributed by atoms with E-state index in [2.05, 4.69) is 26.0 Å². The number of phosphoric ester groups is 1. The SMILES string of the molecule is CCCCCCCC/C=C\CCCCCCCCCCCC(=O)OC[C@H](COP(=O)([O-])OCC[N+](C)(C)C)OC(=O)CCC[C@H](O)/C=C/C=C\C/C=C\C=C\[C@H](O)CCCCC. The molecule has 0 aromatic rings. The molecule has 0 aromatic heterocycles. The summed E-state index contributed by atoms with van der Waals surface area (Å²) in [5, 5.41) is 20.2. The van der Waals surface area contributed by atoms with E-state index in [1.54, 1.807) is 18.2 Å². The van der Waals surface area contributed by atoms with Crippen LogP contribution in [-0.2, 0) is 32.7 Å². The fraction of sp³-hybridized carbons (Fsp3) is 0.760. The van der Waals surface area contributed by atoms with E-state index in [-0.39, 0.29) is 26.1 Å². The molecule has 12 heteroatoms. The van der Waals surface area contributed by atoms with Crippen LogP contribution in [0.15, 0.2) is 60.8 Å². The zero-order valence-corrected chi connectivity index (χ0v) is 40.7. The number of unbranched alkanes of at least 4 members (excludes halogenated alkanes) is 17. The molecule has 0 heterocycles. The number of carbonyl (C=O) groups excluding carboxylic acids is 2. The van der Waals surface area contributed by atoms with Crippen molar-refractivity contribution in [3.8, 4) is 0 Å². The van der Waals surface area contributed by atoms with Crippen molar-refractivity contribution in [1.82, 2.24) is 0 Å². The van der Waals surface area contributed by atoms with E-state index >= 15 is 0 Å². The number of esters is 2. The Bertz CT molecular complexity index is 1270. The maximum absolute atomic E-state index is 12.7. The third-order valence-electron chi connectivity index (χ3n) is 10.2. The lowest BCUT2D eigenvalue weighted by molar-refractivity contribution is -0.870. The van der Waals surface area contributed by atoms with Gasteiger partial charge in [0.25, 0.3) is 7.82 Å². The zero-order valence-electron chi connectivity index (χ0n) is 39.8. The van der Waals surface area contributed by atoms with Crippen LogP contribution in [0.25, 0.3) is 0 Å². The molecule has 0 aliphatic carbocycles. The number of aliphatic hydroxyl groups excluding tert-OH is 2. The second-order valence-corrected chi connectivity index (χ2v) is 18.9. The molecule has 0 aliphatic rings. The minimum absolute atomic E-state index is 0.0253. The van der Waals surface area contributed by atoms with Crippen LogP contribution in [0.5, 0.6) is 0 Å². The van der Waals surface area contributed by atoms with E-state index in [0.717, 1.165) is 44.9 Å². The van der Waals surface area contributed by atoms with Crippen molar-refractivity contribution in [2.75, 3.05) is 47.5 Å². The Balaban J connectivity index is 4.52. The number of allylic oxidation sites excluding steroid dienone is 8. The monoisotopic (exact) mass is 896 g/mol. The molecule has 0 aromatic carbocycles. The fourth-order valence-corrected chi connectivity index (χ4v) is 7.06. The maximum Gasteiger partial charge on any atom is 0.306 e. The van der Waals surface area contributed by atoms with E-state index in [0.29, 0.717) is 36.7 Å². The van der Waals surface area contributed by atoms with Gasteiger partial charge in [0.05, 0.1) is 40.0 Å². The van der Waals surface area contributed by atoms with Gasteiger partial charge in [0.1, 0.15) is 19.8 Å². The third-order valence-corrected chi connectivity index (χ3v) is 11.2. The lowest BCUT2D eigenvalue weighted by Crippen LogP contribution is -2.37. The summed E-state index contributed by atoms with van der Waals surface area (Å²) in [6.45, 7) is 3.85. The third kappa shape index (κ3) is 44.2. The molecule has 0 saturated carbocycles. The second-order valence-electron chi connectivity index (χ2n) is 17.5. The molecular weight excluding hydrogens is 806 g/mol. The average Bonchev–Trinajstić information content (AvgIpc) is 3.21. The standard InChI is InChI=1S/C50H90NO10P/c1-6-8-10-11-12-13-14-15-16-17-18-19-20-21-22-23-27-30-34-40-49(54)58-44-48(45-60-62(56,57)59-43-42-51(3,4)5)61-50(55)41-35-39-47(53)38-33-29-26-24-25-28-32-37-46(52)36-31-9-7-2/h15-16,25-26,28-29,32-33,37-38,46-48,52-53H,6-14,17-24,27,30-31,34-36,39-45H2,1-5H3/b16-15-,28-25-,29-26-,37-32+,38-33+/t46-,47-,48-/m1/s1. The Morgan fingerprint density at radius 1 is 0.597 bits per heavy atom. The highest BCUT2D eigenvalue weighted by molar-refractivity contribution is 7.45. The smallest absolute Gasteiger partial charge is 0.306 e. The molecular formula is C50H90NO10P. The number of quaternary nitrogens is 1. The van der Waals surface area contributed by atoms with Gasteiger partial charge in [-0.05, 0) is 57.8 Å². The molecule has 0 saturated heterocycles. The van der Waals surface area contributed by atoms with Crippen LogP contribution in [0.4, 0.5) is 0 Å². The summed E-state index contributed by atoms with van der Waals surface area (Å²) < 4.78 is 33.8. The molecule has 0 bridgehead atoms. The number of carbonyl (C=O) groups is 2. The summed E-state index contributed by atoms with van der Waals surface area (Å²) in [5.74, 6) is -1.07. The Morgan fingerprint density at radius 3 is 1.63 bits per heavy atom. The van der Waals surface area contributed by atoms with Crippen molar-refractivity contribution in [2.45, 2.75) is 199 Å². The van der Waals surface area contributed by atoms with E-state index in [1.807, 2.05) is 51.5 Å². The normalized spacial score (nSPS) is 15.0. The lowest BCUT2D eigenvalue weighted by atomic mass is 10.1. The summed E-state index contributed by atoms with van der Waals surface area (Å²) in [4.78, 5) is 37.7. The van der Waals surface area contributed by atoms with Crippen molar-refractivity contribution in [1.29, 1.82) is 0 Å². The summed E-state index contributed by atoms with van der Waals surface area (Å²) in [7, 11) is 1.01. The molecule has 11 nitrogen and oxygen atoms in total. The highest BCUT2D eigenvalue weighted by Crippen LogP contribution is 2.38. The molecule has 0 aliphatic heterocycles. The molecule has 0 radical (unpaired) electrons. The molecule has 0 fully saturated rings. The van der Waals surface area contributed by atoms with Crippen LogP contribution in [0.1, 0.15) is 181 Å². The first-order valence-corrected chi connectivity index (χ1v) is 25.7. The van der Waals surface area contributed by atoms with Gasteiger partial charge < -0.3 is 38.1 Å². The number of nitrogens with zero attached hydrogens (tertiary/aromatic N) is 1. The van der Waals surface area contributed by atoms with Crippen LogP contribution in [-0.4, -0.2) is 92.5 Å². The van der Waals surface area contributed by atoms with Crippen LogP contribution in [0.3, 0.4) is 0 Å². The highest BCUT2D eigenvalue weighted by Gasteiger charge is 2.22. The van der Waals surface area contributed by atoms with Gasteiger partial charge in [-0.25, -0.2) is 0 Å². The first-order chi connectivity index (χ1) is 29.8. The van der Waals surface area contributed by atoms with Gasteiger partial charge in [0, 0.05) is 12.8 Å². The summed E-state index contributed by atoms with van der Waals surface area (Å²) in [6.07, 6.45) is 43.2. The average molecular weight is 896 g/mol. The van der Waals surface area contributed by atoms with Crippen LogP contribution < -0.4 is 4.89 Å². The Kier molecular flexibility index (Phi) is 39.8. The number of aliphatic hydroxyl groups is 2. The first kappa shape index (κ1) is 59.6. The zero-order chi connectivity index (χ0) is 46.0. The van der Waals surface area contributed by atoms with Crippen molar-refractivity contribution in [3.63, 3.8) is 0 Å². The summed E-state index contributed by atoms with van der Waals surface area (Å²) >= 11 is 0. The molecule has 0 rings (SSSR count).